The molecule has 5 nitrogen and oxygen atoms in total. The minimum atomic E-state index is 0.129. The third-order valence-corrected chi connectivity index (χ3v) is 3.20. The first-order valence-corrected chi connectivity index (χ1v) is 7.08. The summed E-state index contributed by atoms with van der Waals surface area (Å²) in [4.78, 5) is 8.60. The van der Waals surface area contributed by atoms with E-state index in [1.54, 1.807) is 0 Å². The molecule has 1 saturated carbocycles. The van der Waals surface area contributed by atoms with Crippen LogP contribution in [0.15, 0.2) is 6.07 Å². The molecule has 2 rings (SSSR count). The van der Waals surface area contributed by atoms with Gasteiger partial charge >= 0.3 is 6.01 Å². The topological polar surface area (TPSA) is 70.3 Å². The highest BCUT2D eigenvalue weighted by Crippen LogP contribution is 2.22. The van der Waals surface area contributed by atoms with Gasteiger partial charge in [-0.15, -0.1) is 0 Å². The number of rotatable bonds is 5. The molecule has 1 heterocycles. The number of hydrogen-bond acceptors (Lipinski definition) is 5. The lowest BCUT2D eigenvalue weighted by molar-refractivity contribution is 0.130. The molecule has 5 heteroatoms. The summed E-state index contributed by atoms with van der Waals surface area (Å²) in [5.74, 6) is 0.587. The highest BCUT2D eigenvalue weighted by molar-refractivity contribution is 5.17. The number of aromatic nitrogens is 2. The van der Waals surface area contributed by atoms with Crippen molar-refractivity contribution in [3.05, 3.63) is 11.8 Å². The number of aryl methyl sites for hydroxylation is 1. The number of nitrogens with two attached hydrogens (primary N) is 1. The van der Waals surface area contributed by atoms with Crippen molar-refractivity contribution < 1.29 is 9.47 Å². The Labute approximate surface area is 114 Å². The Morgan fingerprint density at radius 3 is 2.95 bits per heavy atom. The molecule has 0 amide bonds. The molecule has 0 bridgehead atoms. The van der Waals surface area contributed by atoms with E-state index in [0.717, 1.165) is 37.8 Å². The van der Waals surface area contributed by atoms with Gasteiger partial charge in [0.2, 0.25) is 5.88 Å². The van der Waals surface area contributed by atoms with Gasteiger partial charge in [0.05, 0.1) is 6.61 Å². The molecule has 1 aliphatic carbocycles. The van der Waals surface area contributed by atoms with E-state index in [1.165, 1.54) is 0 Å². The van der Waals surface area contributed by atoms with Crippen LogP contribution >= 0.6 is 0 Å². The van der Waals surface area contributed by atoms with E-state index in [1.807, 2.05) is 13.0 Å². The second kappa shape index (κ2) is 6.70. The molecule has 0 saturated heterocycles. The second-order valence-electron chi connectivity index (χ2n) is 5.15. The van der Waals surface area contributed by atoms with Crippen LogP contribution in [-0.4, -0.2) is 28.7 Å². The Hall–Kier alpha value is -1.36. The van der Waals surface area contributed by atoms with Gasteiger partial charge in [0.15, 0.2) is 0 Å². The van der Waals surface area contributed by atoms with Crippen LogP contribution in [0.3, 0.4) is 0 Å². The van der Waals surface area contributed by atoms with Crippen molar-refractivity contribution in [2.75, 3.05) is 6.61 Å². The zero-order valence-electron chi connectivity index (χ0n) is 11.8. The molecule has 2 atom stereocenters. The molecular weight excluding hydrogens is 242 g/mol. The van der Waals surface area contributed by atoms with E-state index in [9.17, 15) is 0 Å². The predicted octanol–water partition coefficient (Wildman–Crippen LogP) is 2.22. The molecule has 19 heavy (non-hydrogen) atoms. The molecule has 2 unspecified atom stereocenters. The largest absolute Gasteiger partial charge is 0.478 e. The molecule has 106 valence electrons. The summed E-state index contributed by atoms with van der Waals surface area (Å²) >= 11 is 0. The van der Waals surface area contributed by atoms with Crippen molar-refractivity contribution in [3.8, 4) is 11.9 Å². The Balaban J connectivity index is 2.00. The Morgan fingerprint density at radius 1 is 1.37 bits per heavy atom. The molecule has 1 aliphatic rings. The molecule has 1 fully saturated rings. The molecule has 0 spiro atoms. The fourth-order valence-electron chi connectivity index (χ4n) is 2.28. The smallest absolute Gasteiger partial charge is 0.320 e. The highest BCUT2D eigenvalue weighted by atomic mass is 16.5. The molecule has 2 N–H and O–H groups in total. The van der Waals surface area contributed by atoms with Crippen LogP contribution in [0.1, 0.15) is 44.7 Å². The Bertz CT molecular complexity index is 412. The quantitative estimate of drug-likeness (QED) is 0.884. The number of ether oxygens (including phenoxy) is 2. The molecule has 1 aromatic heterocycles. The van der Waals surface area contributed by atoms with E-state index in [2.05, 4.69) is 16.9 Å². The van der Waals surface area contributed by atoms with Crippen molar-refractivity contribution in [2.24, 2.45) is 5.73 Å². The van der Waals surface area contributed by atoms with Crippen molar-refractivity contribution in [1.29, 1.82) is 0 Å². The maximum atomic E-state index is 5.96. The van der Waals surface area contributed by atoms with Crippen LogP contribution in [0.4, 0.5) is 0 Å². The lowest BCUT2D eigenvalue weighted by Crippen LogP contribution is -2.34. The Morgan fingerprint density at radius 2 is 2.21 bits per heavy atom. The van der Waals surface area contributed by atoms with Gasteiger partial charge in [-0.25, -0.2) is 4.98 Å². The third-order valence-electron chi connectivity index (χ3n) is 3.20. The predicted molar refractivity (Wildman–Crippen MR) is 73.4 cm³/mol. The maximum Gasteiger partial charge on any atom is 0.320 e. The standard InChI is InChI=1S/C14H23N3O2/c1-3-7-18-13-8-10(2)16-14(17-13)19-12-6-4-5-11(15)9-12/h8,11-12H,3-7,9,15H2,1-2H3. The minimum absolute atomic E-state index is 0.129. The fourth-order valence-corrected chi connectivity index (χ4v) is 2.28. The van der Waals surface area contributed by atoms with Gasteiger partial charge in [-0.3, -0.25) is 0 Å². The summed E-state index contributed by atoms with van der Waals surface area (Å²) in [5, 5.41) is 0. The summed E-state index contributed by atoms with van der Waals surface area (Å²) in [5.41, 5.74) is 6.82. The third kappa shape index (κ3) is 4.35. The van der Waals surface area contributed by atoms with Crippen molar-refractivity contribution in [3.63, 3.8) is 0 Å². The van der Waals surface area contributed by atoms with E-state index in [-0.39, 0.29) is 12.1 Å². The van der Waals surface area contributed by atoms with Crippen LogP contribution in [0.5, 0.6) is 11.9 Å². The maximum absolute atomic E-state index is 5.96. The number of hydrogen-bond donors (Lipinski definition) is 1. The first-order chi connectivity index (χ1) is 9.17. The highest BCUT2D eigenvalue weighted by Gasteiger charge is 2.21. The van der Waals surface area contributed by atoms with Crippen LogP contribution in [0.2, 0.25) is 0 Å². The zero-order chi connectivity index (χ0) is 13.7. The van der Waals surface area contributed by atoms with Gasteiger partial charge < -0.3 is 15.2 Å². The van der Waals surface area contributed by atoms with Gasteiger partial charge in [0.1, 0.15) is 6.10 Å². The molecule has 0 radical (unpaired) electrons. The van der Waals surface area contributed by atoms with Gasteiger partial charge in [-0.05, 0) is 39.0 Å². The zero-order valence-corrected chi connectivity index (χ0v) is 11.8. The van der Waals surface area contributed by atoms with E-state index < -0.39 is 0 Å². The van der Waals surface area contributed by atoms with Gasteiger partial charge in [-0.2, -0.15) is 4.98 Å². The normalized spacial score (nSPS) is 23.1. The molecular formula is C14H23N3O2. The average Bonchev–Trinajstić information content (AvgIpc) is 2.35. The Kier molecular flexibility index (Phi) is 4.96. The van der Waals surface area contributed by atoms with Crippen LogP contribution in [0, 0.1) is 6.92 Å². The van der Waals surface area contributed by atoms with Gasteiger partial charge in [-0.1, -0.05) is 6.92 Å². The van der Waals surface area contributed by atoms with E-state index in [0.29, 0.717) is 18.5 Å². The first kappa shape index (κ1) is 14.1. The summed E-state index contributed by atoms with van der Waals surface area (Å²) in [6, 6.07) is 2.47. The summed E-state index contributed by atoms with van der Waals surface area (Å²) < 4.78 is 11.4. The van der Waals surface area contributed by atoms with Crippen LogP contribution in [0.25, 0.3) is 0 Å². The van der Waals surface area contributed by atoms with Gasteiger partial charge in [0.25, 0.3) is 0 Å². The first-order valence-electron chi connectivity index (χ1n) is 7.08. The van der Waals surface area contributed by atoms with Crippen LogP contribution < -0.4 is 15.2 Å². The second-order valence-corrected chi connectivity index (χ2v) is 5.15. The fraction of sp³-hybridized carbons (Fsp3) is 0.714. The average molecular weight is 265 g/mol. The molecule has 0 aromatic carbocycles. The van der Waals surface area contributed by atoms with Crippen LogP contribution in [-0.2, 0) is 0 Å². The van der Waals surface area contributed by atoms with E-state index in [4.69, 9.17) is 15.2 Å². The molecule has 0 aliphatic heterocycles. The minimum Gasteiger partial charge on any atom is -0.478 e. The van der Waals surface area contributed by atoms with Crippen molar-refractivity contribution in [2.45, 2.75) is 58.1 Å². The van der Waals surface area contributed by atoms with Gasteiger partial charge in [0, 0.05) is 17.8 Å². The summed E-state index contributed by atoms with van der Waals surface area (Å²) in [7, 11) is 0. The number of nitrogens with zero attached hydrogens (tertiary/aromatic N) is 2. The van der Waals surface area contributed by atoms with Crippen molar-refractivity contribution >= 4 is 0 Å². The van der Waals surface area contributed by atoms with E-state index >= 15 is 0 Å². The molecule has 1 aromatic rings. The van der Waals surface area contributed by atoms with Crippen molar-refractivity contribution in [1.82, 2.24) is 9.97 Å². The SMILES string of the molecule is CCCOc1cc(C)nc(OC2CCCC(N)C2)n1. The lowest BCUT2D eigenvalue weighted by Gasteiger charge is -2.26. The lowest BCUT2D eigenvalue weighted by atomic mass is 9.94. The summed E-state index contributed by atoms with van der Waals surface area (Å²) in [6.07, 6.45) is 5.18. The summed E-state index contributed by atoms with van der Waals surface area (Å²) in [6.45, 7) is 4.64. The monoisotopic (exact) mass is 265 g/mol.